The highest BCUT2D eigenvalue weighted by Gasteiger charge is 2.23. The van der Waals surface area contributed by atoms with E-state index in [2.05, 4.69) is 0 Å². The molecule has 0 heterocycles. The van der Waals surface area contributed by atoms with Gasteiger partial charge in [0, 0.05) is 5.56 Å². The first-order chi connectivity index (χ1) is 12.0. The van der Waals surface area contributed by atoms with E-state index in [9.17, 15) is 13.8 Å². The van der Waals surface area contributed by atoms with Gasteiger partial charge in [-0.05, 0) is 60.6 Å². The monoisotopic (exact) mass is 378 g/mol. The van der Waals surface area contributed by atoms with Crippen LogP contribution in [0.1, 0.15) is 57.9 Å². The summed E-state index contributed by atoms with van der Waals surface area (Å²) in [4.78, 5) is 30.7. The molecular formula is C20H24FO4P. The summed E-state index contributed by atoms with van der Waals surface area (Å²) in [6.45, 7) is 7.52. The zero-order chi connectivity index (χ0) is 19.6. The van der Waals surface area contributed by atoms with Crippen molar-refractivity contribution in [2.45, 2.75) is 40.0 Å². The predicted octanol–water partition coefficient (Wildman–Crippen LogP) is 4.52. The van der Waals surface area contributed by atoms with E-state index >= 15 is 0 Å². The van der Waals surface area contributed by atoms with Crippen LogP contribution >= 0.6 is 7.60 Å². The molecule has 6 heteroatoms. The molecule has 2 aromatic rings. The molecule has 0 spiro atoms. The lowest BCUT2D eigenvalue weighted by molar-refractivity contribution is 0.101. The molecule has 2 rings (SSSR count). The van der Waals surface area contributed by atoms with Crippen LogP contribution in [-0.2, 0) is 11.0 Å². The Morgan fingerprint density at radius 2 is 1.81 bits per heavy atom. The minimum atomic E-state index is -4.45. The fraction of sp³-hybridized carbons (Fsp3) is 0.350. The molecule has 0 atom stereocenters. The first-order valence-corrected chi connectivity index (χ1v) is 10.2. The van der Waals surface area contributed by atoms with E-state index < -0.39 is 19.5 Å². The van der Waals surface area contributed by atoms with Gasteiger partial charge in [-0.3, -0.25) is 9.36 Å². The van der Waals surface area contributed by atoms with Crippen LogP contribution in [0.2, 0.25) is 0 Å². The summed E-state index contributed by atoms with van der Waals surface area (Å²) in [7, 11) is -4.45. The number of benzene rings is 2. The second-order valence-electron chi connectivity index (χ2n) is 7.04. The Morgan fingerprint density at radius 1 is 1.15 bits per heavy atom. The van der Waals surface area contributed by atoms with Crippen molar-refractivity contribution in [1.29, 1.82) is 0 Å². The molecule has 26 heavy (non-hydrogen) atoms. The number of Topliss-reactive ketones (excluding diaryl/α,β-unsaturated/α-hetero) is 1. The lowest BCUT2D eigenvalue weighted by Gasteiger charge is -2.15. The van der Waals surface area contributed by atoms with Crippen LogP contribution in [0.5, 0.6) is 0 Å². The topological polar surface area (TPSA) is 74.6 Å². The number of hydrogen-bond donors (Lipinski definition) is 2. The van der Waals surface area contributed by atoms with Crippen molar-refractivity contribution in [2.75, 3.05) is 6.16 Å². The molecule has 0 radical (unpaired) electrons. The third-order valence-electron chi connectivity index (χ3n) is 4.33. The van der Waals surface area contributed by atoms with Gasteiger partial charge < -0.3 is 9.79 Å². The van der Waals surface area contributed by atoms with Crippen molar-refractivity contribution in [1.82, 2.24) is 0 Å². The Labute approximate surface area is 153 Å². The first kappa shape index (κ1) is 20.5. The molecule has 0 aliphatic carbocycles. The van der Waals surface area contributed by atoms with Crippen molar-refractivity contribution < 1.29 is 23.5 Å². The van der Waals surface area contributed by atoms with Crippen LogP contribution < -0.4 is 0 Å². The number of ketones is 1. The van der Waals surface area contributed by atoms with E-state index in [0.29, 0.717) is 17.5 Å². The van der Waals surface area contributed by atoms with E-state index in [4.69, 9.17) is 9.79 Å². The highest BCUT2D eigenvalue weighted by molar-refractivity contribution is 7.52. The predicted molar refractivity (Wildman–Crippen MR) is 100 cm³/mol. The van der Waals surface area contributed by atoms with Gasteiger partial charge in [0.25, 0.3) is 0 Å². The average Bonchev–Trinajstić information content (AvgIpc) is 2.49. The summed E-state index contributed by atoms with van der Waals surface area (Å²) >= 11 is 0. The summed E-state index contributed by atoms with van der Waals surface area (Å²) in [6.07, 6.45) is -0.419. The molecule has 0 aliphatic heterocycles. The molecule has 140 valence electrons. The van der Waals surface area contributed by atoms with Crippen LogP contribution in [0, 0.1) is 19.7 Å². The van der Waals surface area contributed by atoms with E-state index in [1.54, 1.807) is 18.2 Å². The molecule has 0 saturated heterocycles. The maximum Gasteiger partial charge on any atom is 0.333 e. The van der Waals surface area contributed by atoms with E-state index in [1.807, 2.05) is 33.8 Å². The summed E-state index contributed by atoms with van der Waals surface area (Å²) in [5, 5.41) is 0. The number of aryl methyl sites for hydroxylation is 2. The van der Waals surface area contributed by atoms with Crippen LogP contribution in [-0.4, -0.2) is 21.7 Å². The largest absolute Gasteiger partial charge is 0.333 e. The lowest BCUT2D eigenvalue weighted by atomic mass is 9.90. The standard InChI is InChI=1S/C20H24FO4P/c1-12(2)16-9-15(5-6-19(16)21)10-17-14(4)7-13(3)8-18(17)20(22)11-26(23,24)25/h5-9,12H,10-11H2,1-4H3,(H2,23,24,25). The van der Waals surface area contributed by atoms with Gasteiger partial charge in [0.05, 0.1) is 0 Å². The molecule has 0 fully saturated rings. The van der Waals surface area contributed by atoms with Crippen molar-refractivity contribution in [2.24, 2.45) is 0 Å². The summed E-state index contributed by atoms with van der Waals surface area (Å²) in [5.74, 6) is -0.807. The molecule has 0 aliphatic rings. The Kier molecular flexibility index (Phi) is 6.17. The first-order valence-electron chi connectivity index (χ1n) is 8.44. The van der Waals surface area contributed by atoms with E-state index in [1.165, 1.54) is 6.07 Å². The van der Waals surface area contributed by atoms with Crippen LogP contribution in [0.3, 0.4) is 0 Å². The molecule has 2 N–H and O–H groups in total. The number of rotatable bonds is 6. The Hall–Kier alpha value is -1.81. The highest BCUT2D eigenvalue weighted by Crippen LogP contribution is 2.36. The zero-order valence-corrected chi connectivity index (χ0v) is 16.3. The molecule has 0 aromatic heterocycles. The third-order valence-corrected chi connectivity index (χ3v) is 5.03. The number of hydrogen-bond acceptors (Lipinski definition) is 2. The van der Waals surface area contributed by atoms with E-state index in [-0.39, 0.29) is 11.7 Å². The van der Waals surface area contributed by atoms with E-state index in [0.717, 1.165) is 22.3 Å². The molecule has 0 bridgehead atoms. The van der Waals surface area contributed by atoms with Gasteiger partial charge in [-0.25, -0.2) is 4.39 Å². The smallest absolute Gasteiger partial charge is 0.324 e. The van der Waals surface area contributed by atoms with Crippen LogP contribution in [0.15, 0.2) is 30.3 Å². The average molecular weight is 378 g/mol. The van der Waals surface area contributed by atoms with Gasteiger partial charge in [-0.2, -0.15) is 0 Å². The van der Waals surface area contributed by atoms with Crippen LogP contribution in [0.25, 0.3) is 0 Å². The van der Waals surface area contributed by atoms with Gasteiger partial charge in [0.1, 0.15) is 12.0 Å². The second-order valence-corrected chi connectivity index (χ2v) is 8.69. The van der Waals surface area contributed by atoms with Crippen molar-refractivity contribution >= 4 is 13.4 Å². The minimum absolute atomic E-state index is 0.0322. The number of carbonyl (C=O) groups is 1. The van der Waals surface area contributed by atoms with Gasteiger partial charge >= 0.3 is 7.60 Å². The molecular weight excluding hydrogens is 354 g/mol. The summed E-state index contributed by atoms with van der Waals surface area (Å²) < 4.78 is 25.2. The molecule has 4 nitrogen and oxygen atoms in total. The molecule has 0 saturated carbocycles. The van der Waals surface area contributed by atoms with Crippen LogP contribution in [0.4, 0.5) is 4.39 Å². The fourth-order valence-corrected chi connectivity index (χ4v) is 3.65. The normalized spacial score (nSPS) is 11.8. The van der Waals surface area contributed by atoms with Gasteiger partial charge in [0.2, 0.25) is 0 Å². The van der Waals surface area contributed by atoms with Crippen molar-refractivity contribution in [3.8, 4) is 0 Å². The number of halogens is 1. The van der Waals surface area contributed by atoms with Gasteiger partial charge in [-0.15, -0.1) is 0 Å². The van der Waals surface area contributed by atoms with Crippen molar-refractivity contribution in [3.63, 3.8) is 0 Å². The Morgan fingerprint density at radius 3 is 2.38 bits per heavy atom. The summed E-state index contributed by atoms with van der Waals surface area (Å²) in [5.41, 5.74) is 4.22. The SMILES string of the molecule is Cc1cc(C)c(Cc2ccc(F)c(C(C)C)c2)c(C(=O)CP(=O)(O)O)c1. The maximum absolute atomic E-state index is 13.9. The molecule has 0 amide bonds. The summed E-state index contributed by atoms with van der Waals surface area (Å²) in [6, 6.07) is 8.48. The van der Waals surface area contributed by atoms with Crippen molar-refractivity contribution in [3.05, 3.63) is 69.5 Å². The zero-order valence-electron chi connectivity index (χ0n) is 15.4. The Balaban J connectivity index is 2.48. The maximum atomic E-state index is 13.9. The van der Waals surface area contributed by atoms with Gasteiger partial charge in [0.15, 0.2) is 5.78 Å². The van der Waals surface area contributed by atoms with Gasteiger partial charge in [-0.1, -0.05) is 37.6 Å². The molecule has 0 unspecified atom stereocenters. The highest BCUT2D eigenvalue weighted by atomic mass is 31.2. The molecule has 2 aromatic carbocycles. The fourth-order valence-electron chi connectivity index (χ4n) is 3.10. The third kappa shape index (κ3) is 5.10. The lowest BCUT2D eigenvalue weighted by Crippen LogP contribution is -2.11. The second kappa shape index (κ2) is 7.83. The Bertz CT molecular complexity index is 884. The minimum Gasteiger partial charge on any atom is -0.324 e. The quantitative estimate of drug-likeness (QED) is 0.573. The number of carbonyl (C=O) groups excluding carboxylic acids is 1.